The molecule has 1 heterocycles. The summed E-state index contributed by atoms with van der Waals surface area (Å²) in [6.07, 6.45) is 3.98. The van der Waals surface area contributed by atoms with Gasteiger partial charge < -0.3 is 9.64 Å². The predicted molar refractivity (Wildman–Crippen MR) is 95.7 cm³/mol. The highest BCUT2D eigenvalue weighted by Gasteiger charge is 2.09. The molecule has 0 spiro atoms. The fourth-order valence-electron chi connectivity index (χ4n) is 1.54. The Labute approximate surface area is 144 Å². The highest BCUT2D eigenvalue weighted by molar-refractivity contribution is 9.11. The standard InChI is InChI=1S/C15H23Br2N3O/c1-5-20(4)10-18-13-9-12(16)15(19-14(13)17)21-8-6-7-11(2)3/h9-11H,5-8H2,1-4H3. The van der Waals surface area contributed by atoms with Crippen molar-refractivity contribution in [2.24, 2.45) is 10.9 Å². The minimum Gasteiger partial charge on any atom is -0.477 e. The third-order valence-electron chi connectivity index (χ3n) is 2.94. The van der Waals surface area contributed by atoms with Crippen LogP contribution < -0.4 is 4.74 Å². The first-order chi connectivity index (χ1) is 9.93. The smallest absolute Gasteiger partial charge is 0.229 e. The zero-order valence-electron chi connectivity index (χ0n) is 13.1. The summed E-state index contributed by atoms with van der Waals surface area (Å²) in [5, 5.41) is 0. The molecule has 6 heteroatoms. The molecule has 0 fully saturated rings. The fourth-order valence-corrected chi connectivity index (χ4v) is 2.33. The number of pyridine rings is 1. The number of hydrogen-bond donors (Lipinski definition) is 0. The molecule has 0 aromatic carbocycles. The quantitative estimate of drug-likeness (QED) is 0.256. The summed E-state index contributed by atoms with van der Waals surface area (Å²) in [7, 11) is 1.98. The second-order valence-corrected chi connectivity index (χ2v) is 6.89. The first-order valence-corrected chi connectivity index (χ1v) is 8.75. The van der Waals surface area contributed by atoms with Crippen LogP contribution in [-0.2, 0) is 0 Å². The van der Waals surface area contributed by atoms with Crippen LogP contribution in [0, 0.1) is 5.92 Å². The maximum atomic E-state index is 5.72. The summed E-state index contributed by atoms with van der Waals surface area (Å²) in [5.41, 5.74) is 0.775. The zero-order chi connectivity index (χ0) is 15.8. The first-order valence-electron chi connectivity index (χ1n) is 7.17. The lowest BCUT2D eigenvalue weighted by Crippen LogP contribution is -2.14. The summed E-state index contributed by atoms with van der Waals surface area (Å²) in [6.45, 7) is 8.09. The van der Waals surface area contributed by atoms with Crippen molar-refractivity contribution in [3.05, 3.63) is 15.1 Å². The molecule has 0 radical (unpaired) electrons. The van der Waals surface area contributed by atoms with E-state index in [9.17, 15) is 0 Å². The van der Waals surface area contributed by atoms with Gasteiger partial charge >= 0.3 is 0 Å². The Kier molecular flexibility index (Phi) is 8.26. The predicted octanol–water partition coefficient (Wildman–Crippen LogP) is 5.03. The van der Waals surface area contributed by atoms with E-state index in [0.717, 1.165) is 29.5 Å². The van der Waals surface area contributed by atoms with Gasteiger partial charge in [0.1, 0.15) is 4.60 Å². The average Bonchev–Trinajstić information content (AvgIpc) is 2.44. The van der Waals surface area contributed by atoms with E-state index in [-0.39, 0.29) is 0 Å². The molecule has 0 amide bonds. The molecule has 0 aliphatic rings. The summed E-state index contributed by atoms with van der Waals surface area (Å²) < 4.78 is 7.23. The molecule has 0 aliphatic heterocycles. The average molecular weight is 421 g/mol. The van der Waals surface area contributed by atoms with Crippen molar-refractivity contribution in [1.82, 2.24) is 9.88 Å². The lowest BCUT2D eigenvalue weighted by Gasteiger charge is -2.11. The molecule has 4 nitrogen and oxygen atoms in total. The van der Waals surface area contributed by atoms with Gasteiger partial charge in [-0.25, -0.2) is 9.98 Å². The van der Waals surface area contributed by atoms with Crippen LogP contribution in [-0.4, -0.2) is 36.4 Å². The third-order valence-corrected chi connectivity index (χ3v) is 4.09. The molecule has 118 valence electrons. The zero-order valence-corrected chi connectivity index (χ0v) is 16.2. The van der Waals surface area contributed by atoms with Crippen molar-refractivity contribution in [1.29, 1.82) is 0 Å². The van der Waals surface area contributed by atoms with Gasteiger partial charge in [-0.15, -0.1) is 0 Å². The van der Waals surface area contributed by atoms with E-state index in [1.165, 1.54) is 0 Å². The normalized spacial score (nSPS) is 11.4. The Balaban J connectivity index is 2.68. The number of aromatic nitrogens is 1. The van der Waals surface area contributed by atoms with Crippen molar-refractivity contribution in [2.45, 2.75) is 33.6 Å². The minimum atomic E-state index is 0.605. The lowest BCUT2D eigenvalue weighted by atomic mass is 10.1. The number of aliphatic imine (C=N–C) groups is 1. The molecule has 0 N–H and O–H groups in total. The van der Waals surface area contributed by atoms with Crippen LogP contribution >= 0.6 is 31.9 Å². The molecule has 1 rings (SSSR count). The monoisotopic (exact) mass is 419 g/mol. The number of hydrogen-bond acceptors (Lipinski definition) is 3. The molecule has 0 saturated carbocycles. The summed E-state index contributed by atoms with van der Waals surface area (Å²) in [5.74, 6) is 1.30. The van der Waals surface area contributed by atoms with Gasteiger partial charge in [-0.1, -0.05) is 13.8 Å². The van der Waals surface area contributed by atoms with Gasteiger partial charge in [-0.2, -0.15) is 0 Å². The number of halogens is 2. The summed E-state index contributed by atoms with van der Waals surface area (Å²) in [4.78, 5) is 10.8. The first kappa shape index (κ1) is 18.4. The van der Waals surface area contributed by atoms with Gasteiger partial charge in [0, 0.05) is 13.6 Å². The van der Waals surface area contributed by atoms with E-state index in [1.807, 2.05) is 18.0 Å². The van der Waals surface area contributed by atoms with Crippen LogP contribution in [0.3, 0.4) is 0 Å². The van der Waals surface area contributed by atoms with Crippen molar-refractivity contribution in [3.8, 4) is 5.88 Å². The maximum Gasteiger partial charge on any atom is 0.229 e. The number of rotatable bonds is 8. The Hall–Kier alpha value is -0.620. The Bertz CT molecular complexity index is 478. The van der Waals surface area contributed by atoms with Crippen LogP contribution in [0.5, 0.6) is 5.88 Å². The molecular formula is C15H23Br2N3O. The van der Waals surface area contributed by atoms with Crippen molar-refractivity contribution >= 4 is 43.9 Å². The number of nitrogens with zero attached hydrogens (tertiary/aromatic N) is 3. The van der Waals surface area contributed by atoms with E-state index in [2.05, 4.69) is 62.6 Å². The van der Waals surface area contributed by atoms with Crippen molar-refractivity contribution in [3.63, 3.8) is 0 Å². The van der Waals surface area contributed by atoms with E-state index in [4.69, 9.17) is 4.74 Å². The van der Waals surface area contributed by atoms with Crippen molar-refractivity contribution in [2.75, 3.05) is 20.2 Å². The van der Waals surface area contributed by atoms with Gasteiger partial charge in [-0.3, -0.25) is 0 Å². The highest BCUT2D eigenvalue weighted by atomic mass is 79.9. The molecule has 1 aromatic heterocycles. The molecule has 0 unspecified atom stereocenters. The minimum absolute atomic E-state index is 0.605. The van der Waals surface area contributed by atoms with Gasteiger partial charge in [-0.05, 0) is 63.6 Å². The van der Waals surface area contributed by atoms with E-state index < -0.39 is 0 Å². The van der Waals surface area contributed by atoms with Crippen LogP contribution in [0.25, 0.3) is 0 Å². The van der Waals surface area contributed by atoms with Crippen LogP contribution in [0.1, 0.15) is 33.6 Å². The van der Waals surface area contributed by atoms with Gasteiger partial charge in [0.05, 0.1) is 23.1 Å². The molecule has 0 bridgehead atoms. The molecule has 21 heavy (non-hydrogen) atoms. The van der Waals surface area contributed by atoms with Crippen LogP contribution in [0.4, 0.5) is 5.69 Å². The van der Waals surface area contributed by atoms with Gasteiger partial charge in [0.15, 0.2) is 0 Å². The molecule has 0 atom stereocenters. The topological polar surface area (TPSA) is 37.7 Å². The Morgan fingerprint density at radius 3 is 2.76 bits per heavy atom. The van der Waals surface area contributed by atoms with E-state index in [1.54, 1.807) is 6.34 Å². The SMILES string of the molecule is CCN(C)C=Nc1cc(Br)c(OCCCC(C)C)nc1Br. The van der Waals surface area contributed by atoms with Crippen LogP contribution in [0.15, 0.2) is 20.1 Å². The molecule has 1 aromatic rings. The largest absolute Gasteiger partial charge is 0.477 e. The van der Waals surface area contributed by atoms with Gasteiger partial charge in [0.2, 0.25) is 5.88 Å². The fraction of sp³-hybridized carbons (Fsp3) is 0.600. The second kappa shape index (κ2) is 9.41. The molecule has 0 saturated heterocycles. The number of ether oxygens (including phenoxy) is 1. The maximum absolute atomic E-state index is 5.72. The van der Waals surface area contributed by atoms with Crippen LogP contribution in [0.2, 0.25) is 0 Å². The third kappa shape index (κ3) is 6.78. The Morgan fingerprint density at radius 1 is 1.43 bits per heavy atom. The lowest BCUT2D eigenvalue weighted by molar-refractivity contribution is 0.285. The second-order valence-electron chi connectivity index (χ2n) is 5.29. The van der Waals surface area contributed by atoms with Crippen molar-refractivity contribution < 1.29 is 4.74 Å². The van der Waals surface area contributed by atoms with E-state index in [0.29, 0.717) is 23.0 Å². The van der Waals surface area contributed by atoms with E-state index >= 15 is 0 Å². The van der Waals surface area contributed by atoms with Gasteiger partial charge in [0.25, 0.3) is 0 Å². The molecular weight excluding hydrogens is 398 g/mol. The summed E-state index contributed by atoms with van der Waals surface area (Å²) in [6, 6.07) is 1.91. The Morgan fingerprint density at radius 2 is 2.14 bits per heavy atom. The molecule has 0 aliphatic carbocycles. The summed E-state index contributed by atoms with van der Waals surface area (Å²) >= 11 is 6.93. The highest BCUT2D eigenvalue weighted by Crippen LogP contribution is 2.33.